The molecule has 4 nitrogen and oxygen atoms in total. The van der Waals surface area contributed by atoms with Gasteiger partial charge in [0.25, 0.3) is 0 Å². The lowest BCUT2D eigenvalue weighted by Crippen LogP contribution is -2.47. The average Bonchev–Trinajstić information content (AvgIpc) is 2.39. The Morgan fingerprint density at radius 1 is 1.17 bits per heavy atom. The summed E-state index contributed by atoms with van der Waals surface area (Å²) in [7, 11) is 0. The van der Waals surface area contributed by atoms with Crippen molar-refractivity contribution in [3.63, 3.8) is 0 Å². The number of hydrogen-bond acceptors (Lipinski definition) is 2. The summed E-state index contributed by atoms with van der Waals surface area (Å²) in [6.07, 6.45) is -0.0733. The summed E-state index contributed by atoms with van der Waals surface area (Å²) in [5.74, 6) is 0. The lowest BCUT2D eigenvalue weighted by Gasteiger charge is -2.38. The monoisotopic (exact) mass is 267 g/mol. The fraction of sp³-hybridized carbons (Fsp3) is 0.385. The first kappa shape index (κ1) is 12.9. The Balaban J connectivity index is 2.27. The Morgan fingerprint density at radius 3 is 2.17 bits per heavy atom. The van der Waals surface area contributed by atoms with Crippen molar-refractivity contribution in [1.82, 2.24) is 4.90 Å². The van der Waals surface area contributed by atoms with E-state index in [9.17, 15) is 9.59 Å². The molecule has 1 aliphatic rings. The predicted octanol–water partition coefficient (Wildman–Crippen LogP) is 2.46. The van der Waals surface area contributed by atoms with Gasteiger partial charge in [-0.3, -0.25) is 4.79 Å². The number of amides is 1. The lowest BCUT2D eigenvalue weighted by molar-refractivity contribution is -0.118. The first-order valence-electron chi connectivity index (χ1n) is 5.79. The molecule has 1 amide bonds. The van der Waals surface area contributed by atoms with Crippen LogP contribution in [0.3, 0.4) is 0 Å². The van der Waals surface area contributed by atoms with Gasteiger partial charge >= 0.3 is 6.09 Å². The highest BCUT2D eigenvalue weighted by Gasteiger charge is 2.42. The molecule has 1 aromatic carbocycles. The highest BCUT2D eigenvalue weighted by Crippen LogP contribution is 2.37. The second-order valence-electron chi connectivity index (χ2n) is 4.49. The van der Waals surface area contributed by atoms with Crippen LogP contribution in [0.4, 0.5) is 4.79 Å². The van der Waals surface area contributed by atoms with E-state index >= 15 is 0 Å². The molecule has 0 bridgehead atoms. The number of likely N-dealkylation sites (tertiary alicyclic amines) is 1. The molecule has 1 fully saturated rings. The molecule has 0 spiro atoms. The van der Waals surface area contributed by atoms with Gasteiger partial charge in [-0.15, -0.1) is 0 Å². The third-order valence-corrected chi connectivity index (χ3v) is 3.95. The smallest absolute Gasteiger partial charge is 0.407 e. The third-order valence-electron chi connectivity index (χ3n) is 3.59. The van der Waals surface area contributed by atoms with Gasteiger partial charge in [0, 0.05) is 13.1 Å². The molecule has 1 N–H and O–H groups in total. The van der Waals surface area contributed by atoms with E-state index in [1.165, 1.54) is 4.90 Å². The van der Waals surface area contributed by atoms with E-state index in [1.54, 1.807) is 0 Å². The van der Waals surface area contributed by atoms with Crippen molar-refractivity contribution in [2.75, 3.05) is 13.1 Å². The summed E-state index contributed by atoms with van der Waals surface area (Å²) in [4.78, 5) is 24.0. The van der Waals surface area contributed by atoms with Crippen molar-refractivity contribution in [3.8, 4) is 0 Å². The van der Waals surface area contributed by atoms with Gasteiger partial charge in [0.2, 0.25) is 5.24 Å². The second kappa shape index (κ2) is 4.98. The molecule has 5 heteroatoms. The van der Waals surface area contributed by atoms with Gasteiger partial charge in [-0.2, -0.15) is 0 Å². The van der Waals surface area contributed by atoms with Crippen molar-refractivity contribution in [3.05, 3.63) is 35.9 Å². The van der Waals surface area contributed by atoms with Crippen LogP contribution in [0, 0.1) is 0 Å². The SMILES string of the molecule is O=C(O)N1CCC(C(=O)Cl)(c2ccccc2)CC1. The standard InChI is InChI=1S/C13H14ClNO3/c14-11(16)13(10-4-2-1-3-5-10)6-8-15(9-7-13)12(17)18/h1-5H,6-9H2,(H,17,18). The number of carboxylic acid groups (broad SMARTS) is 1. The minimum atomic E-state index is -0.946. The zero-order valence-corrected chi connectivity index (χ0v) is 10.6. The topological polar surface area (TPSA) is 57.6 Å². The Labute approximate surface area is 110 Å². The quantitative estimate of drug-likeness (QED) is 0.838. The number of piperidine rings is 1. The van der Waals surface area contributed by atoms with E-state index in [0.717, 1.165) is 5.56 Å². The van der Waals surface area contributed by atoms with E-state index in [4.69, 9.17) is 16.7 Å². The largest absolute Gasteiger partial charge is 0.465 e. The molecule has 1 heterocycles. The first-order chi connectivity index (χ1) is 8.56. The van der Waals surface area contributed by atoms with E-state index in [2.05, 4.69) is 0 Å². The number of nitrogens with zero attached hydrogens (tertiary/aromatic N) is 1. The summed E-state index contributed by atoms with van der Waals surface area (Å²) in [6, 6.07) is 9.34. The van der Waals surface area contributed by atoms with Crippen LogP contribution in [0.25, 0.3) is 0 Å². The van der Waals surface area contributed by atoms with Crippen molar-refractivity contribution in [1.29, 1.82) is 0 Å². The summed E-state index contributed by atoms with van der Waals surface area (Å²) < 4.78 is 0. The van der Waals surface area contributed by atoms with Gasteiger partial charge < -0.3 is 10.0 Å². The zero-order chi connectivity index (χ0) is 13.2. The Morgan fingerprint density at radius 2 is 1.72 bits per heavy atom. The van der Waals surface area contributed by atoms with Gasteiger partial charge in [0.1, 0.15) is 0 Å². The molecular weight excluding hydrogens is 254 g/mol. The predicted molar refractivity (Wildman–Crippen MR) is 67.8 cm³/mol. The lowest BCUT2D eigenvalue weighted by atomic mass is 9.74. The van der Waals surface area contributed by atoms with Crippen LogP contribution in [0.2, 0.25) is 0 Å². The normalized spacial score (nSPS) is 18.4. The van der Waals surface area contributed by atoms with E-state index in [1.807, 2.05) is 30.3 Å². The molecule has 2 rings (SSSR count). The molecular formula is C13H14ClNO3. The number of rotatable bonds is 2. The minimum Gasteiger partial charge on any atom is -0.465 e. The van der Waals surface area contributed by atoms with E-state index < -0.39 is 16.8 Å². The van der Waals surface area contributed by atoms with E-state index in [0.29, 0.717) is 25.9 Å². The molecule has 96 valence electrons. The van der Waals surface area contributed by atoms with Gasteiger partial charge in [0.15, 0.2) is 0 Å². The van der Waals surface area contributed by atoms with Crippen molar-refractivity contribution < 1.29 is 14.7 Å². The molecule has 0 unspecified atom stereocenters. The first-order valence-corrected chi connectivity index (χ1v) is 6.17. The summed E-state index contributed by atoms with van der Waals surface area (Å²) in [5.41, 5.74) is 0.129. The molecule has 1 aromatic rings. The molecule has 0 aromatic heterocycles. The van der Waals surface area contributed by atoms with Gasteiger partial charge in [-0.25, -0.2) is 4.79 Å². The zero-order valence-electron chi connectivity index (χ0n) is 9.80. The summed E-state index contributed by atoms with van der Waals surface area (Å²) >= 11 is 5.77. The number of carbonyl (C=O) groups is 2. The Kier molecular flexibility index (Phi) is 3.57. The van der Waals surface area contributed by atoms with Crippen LogP contribution in [-0.2, 0) is 10.2 Å². The molecule has 18 heavy (non-hydrogen) atoms. The maximum atomic E-state index is 11.8. The van der Waals surface area contributed by atoms with Crippen molar-refractivity contribution in [2.45, 2.75) is 18.3 Å². The minimum absolute atomic E-state index is 0.336. The van der Waals surface area contributed by atoms with Gasteiger partial charge in [-0.1, -0.05) is 30.3 Å². The van der Waals surface area contributed by atoms with Crippen molar-refractivity contribution >= 4 is 22.9 Å². The number of carbonyl (C=O) groups excluding carboxylic acids is 1. The maximum Gasteiger partial charge on any atom is 0.407 e. The number of halogens is 1. The van der Waals surface area contributed by atoms with Crippen LogP contribution in [0.5, 0.6) is 0 Å². The van der Waals surface area contributed by atoms with Gasteiger partial charge in [-0.05, 0) is 30.0 Å². The molecule has 1 aliphatic heterocycles. The highest BCUT2D eigenvalue weighted by molar-refractivity contribution is 6.65. The Hall–Kier alpha value is -1.55. The highest BCUT2D eigenvalue weighted by atomic mass is 35.5. The molecule has 0 aliphatic carbocycles. The van der Waals surface area contributed by atoms with Crippen LogP contribution >= 0.6 is 11.6 Å². The van der Waals surface area contributed by atoms with Crippen LogP contribution in [0.1, 0.15) is 18.4 Å². The fourth-order valence-corrected chi connectivity index (χ4v) is 2.73. The molecule has 0 atom stereocenters. The maximum absolute atomic E-state index is 11.8. The number of hydrogen-bond donors (Lipinski definition) is 1. The van der Waals surface area contributed by atoms with Gasteiger partial charge in [0.05, 0.1) is 5.41 Å². The fourth-order valence-electron chi connectivity index (χ4n) is 2.44. The second-order valence-corrected chi connectivity index (χ2v) is 4.83. The van der Waals surface area contributed by atoms with Crippen LogP contribution < -0.4 is 0 Å². The van der Waals surface area contributed by atoms with Crippen molar-refractivity contribution in [2.24, 2.45) is 0 Å². The summed E-state index contributed by atoms with van der Waals surface area (Å²) in [5, 5.41) is 8.52. The third kappa shape index (κ3) is 2.20. The Bertz CT molecular complexity index is 453. The van der Waals surface area contributed by atoms with Crippen LogP contribution in [-0.4, -0.2) is 34.4 Å². The summed E-state index contributed by atoms with van der Waals surface area (Å²) in [6.45, 7) is 0.672. The average molecular weight is 268 g/mol. The van der Waals surface area contributed by atoms with E-state index in [-0.39, 0.29) is 0 Å². The van der Waals surface area contributed by atoms with Crippen LogP contribution in [0.15, 0.2) is 30.3 Å². The molecule has 0 radical (unpaired) electrons. The molecule has 0 saturated carbocycles. The molecule has 1 saturated heterocycles. The number of benzene rings is 1.